The van der Waals surface area contributed by atoms with Crippen molar-refractivity contribution in [3.05, 3.63) is 29.3 Å². The maximum absolute atomic E-state index is 9.08. The maximum atomic E-state index is 9.08. The van der Waals surface area contributed by atoms with Crippen molar-refractivity contribution in [1.29, 1.82) is 5.26 Å². The number of ether oxygens (including phenoxy) is 1. The predicted octanol–water partition coefficient (Wildman–Crippen LogP) is 2.52. The molecule has 1 aromatic rings. The Morgan fingerprint density at radius 3 is 2.59 bits per heavy atom. The van der Waals surface area contributed by atoms with Gasteiger partial charge in [-0.25, -0.2) is 0 Å². The molecule has 3 nitrogen and oxygen atoms in total. The lowest BCUT2D eigenvalue weighted by molar-refractivity contribution is 0.122. The molecule has 17 heavy (non-hydrogen) atoms. The summed E-state index contributed by atoms with van der Waals surface area (Å²) in [6, 6.07) is 8.38. The summed E-state index contributed by atoms with van der Waals surface area (Å²) in [6.45, 7) is 7.69. The molecule has 0 atom stereocenters. The summed E-state index contributed by atoms with van der Waals surface area (Å²) in [5.74, 6) is 0.380. The van der Waals surface area contributed by atoms with Crippen molar-refractivity contribution in [2.24, 2.45) is 0 Å². The van der Waals surface area contributed by atoms with E-state index >= 15 is 0 Å². The molecule has 0 unspecified atom stereocenters. The van der Waals surface area contributed by atoms with E-state index in [-0.39, 0.29) is 0 Å². The van der Waals surface area contributed by atoms with E-state index in [9.17, 15) is 0 Å². The SMILES string of the molecule is CC(C)c1cc(N2CCOCC2)ccc1C#N. The van der Waals surface area contributed by atoms with E-state index < -0.39 is 0 Å². The van der Waals surface area contributed by atoms with Crippen LogP contribution in [0.5, 0.6) is 0 Å². The second-order valence-corrected chi connectivity index (χ2v) is 4.64. The van der Waals surface area contributed by atoms with Crippen LogP contribution in [-0.2, 0) is 4.74 Å². The van der Waals surface area contributed by atoms with Gasteiger partial charge in [-0.15, -0.1) is 0 Å². The molecule has 90 valence electrons. The number of hydrogen-bond donors (Lipinski definition) is 0. The van der Waals surface area contributed by atoms with Gasteiger partial charge in [0.25, 0.3) is 0 Å². The van der Waals surface area contributed by atoms with Crippen LogP contribution in [0.1, 0.15) is 30.9 Å². The van der Waals surface area contributed by atoms with Crippen LogP contribution in [0, 0.1) is 11.3 Å². The minimum atomic E-state index is 0.380. The van der Waals surface area contributed by atoms with Crippen molar-refractivity contribution in [3.8, 4) is 6.07 Å². The van der Waals surface area contributed by atoms with E-state index in [0.29, 0.717) is 5.92 Å². The lowest BCUT2D eigenvalue weighted by Crippen LogP contribution is -2.36. The first-order valence-corrected chi connectivity index (χ1v) is 6.09. The van der Waals surface area contributed by atoms with E-state index in [1.165, 1.54) is 5.69 Å². The van der Waals surface area contributed by atoms with Gasteiger partial charge >= 0.3 is 0 Å². The molecule has 1 heterocycles. The highest BCUT2D eigenvalue weighted by molar-refractivity contribution is 5.55. The van der Waals surface area contributed by atoms with E-state index in [0.717, 1.165) is 37.4 Å². The third-order valence-corrected chi connectivity index (χ3v) is 3.15. The lowest BCUT2D eigenvalue weighted by atomic mass is 9.97. The smallest absolute Gasteiger partial charge is 0.0994 e. The first kappa shape index (κ1) is 11.9. The largest absolute Gasteiger partial charge is 0.378 e. The summed E-state index contributed by atoms with van der Waals surface area (Å²) in [5.41, 5.74) is 3.13. The summed E-state index contributed by atoms with van der Waals surface area (Å²) in [7, 11) is 0. The number of morpholine rings is 1. The Kier molecular flexibility index (Phi) is 3.65. The number of nitriles is 1. The van der Waals surface area contributed by atoms with Crippen LogP contribution >= 0.6 is 0 Å². The Morgan fingerprint density at radius 2 is 2.00 bits per heavy atom. The van der Waals surface area contributed by atoms with Crippen molar-refractivity contribution < 1.29 is 4.74 Å². The third-order valence-electron chi connectivity index (χ3n) is 3.15. The van der Waals surface area contributed by atoms with Gasteiger partial charge in [-0.2, -0.15) is 5.26 Å². The Bertz CT molecular complexity index is 428. The summed E-state index contributed by atoms with van der Waals surface area (Å²) >= 11 is 0. The van der Waals surface area contributed by atoms with E-state index in [4.69, 9.17) is 10.00 Å². The number of anilines is 1. The molecule has 0 radical (unpaired) electrons. The highest BCUT2D eigenvalue weighted by atomic mass is 16.5. The van der Waals surface area contributed by atoms with Crippen LogP contribution in [0.25, 0.3) is 0 Å². The van der Waals surface area contributed by atoms with Crippen molar-refractivity contribution >= 4 is 5.69 Å². The molecular formula is C14H18N2O. The van der Waals surface area contributed by atoms with Crippen LogP contribution in [0.4, 0.5) is 5.69 Å². The molecule has 0 amide bonds. The second kappa shape index (κ2) is 5.20. The second-order valence-electron chi connectivity index (χ2n) is 4.64. The lowest BCUT2D eigenvalue weighted by Gasteiger charge is -2.29. The summed E-state index contributed by atoms with van der Waals surface area (Å²) in [6.07, 6.45) is 0. The quantitative estimate of drug-likeness (QED) is 0.783. The zero-order valence-corrected chi connectivity index (χ0v) is 10.4. The van der Waals surface area contributed by atoms with Crippen LogP contribution in [-0.4, -0.2) is 26.3 Å². The number of hydrogen-bond acceptors (Lipinski definition) is 3. The molecule has 1 fully saturated rings. The van der Waals surface area contributed by atoms with Gasteiger partial charge in [-0.1, -0.05) is 13.8 Å². The molecule has 1 saturated heterocycles. The van der Waals surface area contributed by atoms with Crippen LogP contribution in [0.2, 0.25) is 0 Å². The molecule has 0 N–H and O–H groups in total. The van der Waals surface area contributed by atoms with Gasteiger partial charge in [0.05, 0.1) is 24.8 Å². The van der Waals surface area contributed by atoms with Crippen molar-refractivity contribution in [2.75, 3.05) is 31.2 Å². The first-order valence-electron chi connectivity index (χ1n) is 6.09. The Labute approximate surface area is 103 Å². The zero-order chi connectivity index (χ0) is 12.3. The van der Waals surface area contributed by atoms with Crippen LogP contribution in [0.15, 0.2) is 18.2 Å². The summed E-state index contributed by atoms with van der Waals surface area (Å²) in [4.78, 5) is 2.32. The number of rotatable bonds is 2. The van der Waals surface area contributed by atoms with Gasteiger partial charge in [0.15, 0.2) is 0 Å². The average Bonchev–Trinajstić information content (AvgIpc) is 2.39. The summed E-state index contributed by atoms with van der Waals surface area (Å²) in [5, 5.41) is 9.08. The van der Waals surface area contributed by atoms with E-state index in [1.807, 2.05) is 12.1 Å². The average molecular weight is 230 g/mol. The number of benzene rings is 1. The molecule has 0 aliphatic carbocycles. The first-order chi connectivity index (χ1) is 8.22. The minimum Gasteiger partial charge on any atom is -0.378 e. The van der Waals surface area contributed by atoms with Crippen molar-refractivity contribution in [2.45, 2.75) is 19.8 Å². The van der Waals surface area contributed by atoms with Gasteiger partial charge < -0.3 is 9.64 Å². The predicted molar refractivity (Wildman–Crippen MR) is 68.3 cm³/mol. The molecule has 1 aromatic carbocycles. The third kappa shape index (κ3) is 2.59. The normalized spacial score (nSPS) is 16.0. The molecule has 3 heteroatoms. The van der Waals surface area contributed by atoms with Crippen molar-refractivity contribution in [1.82, 2.24) is 0 Å². The van der Waals surface area contributed by atoms with Gasteiger partial charge in [0.2, 0.25) is 0 Å². The van der Waals surface area contributed by atoms with Gasteiger partial charge in [-0.3, -0.25) is 0 Å². The standard InChI is InChI=1S/C14H18N2O/c1-11(2)14-9-13(4-3-12(14)10-15)16-5-7-17-8-6-16/h3-4,9,11H,5-8H2,1-2H3. The molecule has 0 spiro atoms. The molecule has 2 rings (SSSR count). The molecule has 0 saturated carbocycles. The fourth-order valence-corrected chi connectivity index (χ4v) is 2.15. The van der Waals surface area contributed by atoms with Crippen molar-refractivity contribution in [3.63, 3.8) is 0 Å². The molecule has 0 aromatic heterocycles. The van der Waals surface area contributed by atoms with Crippen LogP contribution < -0.4 is 4.90 Å². The summed E-state index contributed by atoms with van der Waals surface area (Å²) < 4.78 is 5.35. The minimum absolute atomic E-state index is 0.380. The van der Waals surface area contributed by atoms with E-state index in [1.54, 1.807) is 0 Å². The Morgan fingerprint density at radius 1 is 1.29 bits per heavy atom. The monoisotopic (exact) mass is 230 g/mol. The van der Waals surface area contributed by atoms with Gasteiger partial charge in [0, 0.05) is 18.8 Å². The fraction of sp³-hybridized carbons (Fsp3) is 0.500. The van der Waals surface area contributed by atoms with Crippen LogP contribution in [0.3, 0.4) is 0 Å². The molecule has 1 aliphatic heterocycles. The van der Waals surface area contributed by atoms with E-state index in [2.05, 4.69) is 30.9 Å². The zero-order valence-electron chi connectivity index (χ0n) is 10.4. The Balaban J connectivity index is 2.30. The molecule has 0 bridgehead atoms. The number of nitrogens with zero attached hydrogens (tertiary/aromatic N) is 2. The molecular weight excluding hydrogens is 212 g/mol. The highest BCUT2D eigenvalue weighted by Crippen LogP contribution is 2.25. The molecule has 1 aliphatic rings. The van der Waals surface area contributed by atoms with Gasteiger partial charge in [-0.05, 0) is 29.7 Å². The Hall–Kier alpha value is -1.53. The fourth-order valence-electron chi connectivity index (χ4n) is 2.15. The van der Waals surface area contributed by atoms with Gasteiger partial charge in [0.1, 0.15) is 0 Å². The maximum Gasteiger partial charge on any atom is 0.0994 e. The topological polar surface area (TPSA) is 36.3 Å². The highest BCUT2D eigenvalue weighted by Gasteiger charge is 2.14.